The summed E-state index contributed by atoms with van der Waals surface area (Å²) in [5.41, 5.74) is 2.21. The van der Waals surface area contributed by atoms with Crippen molar-refractivity contribution in [3.63, 3.8) is 0 Å². The van der Waals surface area contributed by atoms with Crippen LogP contribution in [-0.4, -0.2) is 14.6 Å². The van der Waals surface area contributed by atoms with Crippen LogP contribution in [0.2, 0.25) is 0 Å². The molecule has 3 rings (SSSR count). The maximum atomic E-state index is 8.97. The number of nitriles is 1. The van der Waals surface area contributed by atoms with Gasteiger partial charge in [-0.3, -0.25) is 4.40 Å². The van der Waals surface area contributed by atoms with Crippen molar-refractivity contribution in [3.8, 4) is 17.5 Å². The second-order valence-corrected chi connectivity index (χ2v) is 5.77. The number of pyridine rings is 1. The van der Waals surface area contributed by atoms with Crippen LogP contribution in [0.15, 0.2) is 45.5 Å². The molecule has 1 aromatic carbocycles. The van der Waals surface area contributed by atoms with Crippen molar-refractivity contribution in [2.75, 3.05) is 0 Å². The molecule has 0 radical (unpaired) electrons. The minimum atomic E-state index is 0.572. The normalized spacial score (nSPS) is 10.6. The van der Waals surface area contributed by atoms with Gasteiger partial charge in [0.1, 0.15) is 6.07 Å². The minimum Gasteiger partial charge on any atom is -0.281 e. The Labute approximate surface area is 126 Å². The maximum absolute atomic E-state index is 8.97. The molecule has 2 aromatic heterocycles. The number of fused-ring (bicyclic) bond motifs is 1. The van der Waals surface area contributed by atoms with Crippen molar-refractivity contribution in [2.45, 2.75) is 0 Å². The molecule has 0 bridgehead atoms. The number of hydrogen-bond donors (Lipinski definition) is 0. The minimum absolute atomic E-state index is 0.572. The molecule has 0 spiro atoms. The zero-order chi connectivity index (χ0) is 13.4. The highest BCUT2D eigenvalue weighted by molar-refractivity contribution is 9.11. The van der Waals surface area contributed by atoms with E-state index < -0.39 is 0 Å². The molecule has 0 unspecified atom stereocenters. The molecule has 19 heavy (non-hydrogen) atoms. The lowest BCUT2D eigenvalue weighted by atomic mass is 10.2. The predicted octanol–water partition coefficient (Wildman–Crippen LogP) is 3.79. The number of benzene rings is 1. The number of aromatic nitrogens is 3. The van der Waals surface area contributed by atoms with E-state index in [1.807, 2.05) is 22.6 Å². The zero-order valence-electron chi connectivity index (χ0n) is 9.51. The third-order valence-corrected chi connectivity index (χ3v) is 3.57. The highest BCUT2D eigenvalue weighted by Gasteiger charge is 2.10. The molecule has 2 heterocycles. The first kappa shape index (κ1) is 12.3. The Bertz CT molecular complexity index is 797. The van der Waals surface area contributed by atoms with E-state index in [4.69, 9.17) is 5.26 Å². The van der Waals surface area contributed by atoms with Gasteiger partial charge >= 0.3 is 0 Å². The average molecular weight is 378 g/mol. The number of hydrogen-bond acceptors (Lipinski definition) is 3. The van der Waals surface area contributed by atoms with Gasteiger partial charge in [-0.05, 0) is 30.3 Å². The Morgan fingerprint density at radius 3 is 2.47 bits per heavy atom. The van der Waals surface area contributed by atoms with Gasteiger partial charge < -0.3 is 0 Å². The molecule has 0 N–H and O–H groups in total. The summed E-state index contributed by atoms with van der Waals surface area (Å²) in [7, 11) is 0. The first-order chi connectivity index (χ1) is 9.17. The summed E-state index contributed by atoms with van der Waals surface area (Å²) in [6.07, 6.45) is 1.74. The largest absolute Gasteiger partial charge is 0.281 e. The molecule has 0 atom stereocenters. The average Bonchev–Trinajstić information content (AvgIpc) is 2.80. The quantitative estimate of drug-likeness (QED) is 0.648. The van der Waals surface area contributed by atoms with E-state index in [0.717, 1.165) is 14.5 Å². The standard InChI is InChI=1S/C13H6Br2N4/c14-10-3-9(4-11(15)5-10)13-18-17-12-2-1-8(6-16)7-19(12)13/h1-5,7H. The SMILES string of the molecule is N#Cc1ccc2nnc(-c3cc(Br)cc(Br)c3)n2c1. The number of halogens is 2. The molecule has 0 amide bonds. The Hall–Kier alpha value is -1.71. The fourth-order valence-electron chi connectivity index (χ4n) is 1.84. The lowest BCUT2D eigenvalue weighted by molar-refractivity contribution is 1.11. The van der Waals surface area contributed by atoms with Gasteiger partial charge in [0.25, 0.3) is 0 Å². The maximum Gasteiger partial charge on any atom is 0.168 e. The Kier molecular flexibility index (Phi) is 3.09. The topological polar surface area (TPSA) is 54.0 Å². The monoisotopic (exact) mass is 376 g/mol. The van der Waals surface area contributed by atoms with Gasteiger partial charge in [-0.1, -0.05) is 31.9 Å². The van der Waals surface area contributed by atoms with E-state index >= 15 is 0 Å². The van der Waals surface area contributed by atoms with Crippen LogP contribution in [-0.2, 0) is 0 Å². The van der Waals surface area contributed by atoms with Gasteiger partial charge in [-0.25, -0.2) is 0 Å². The fraction of sp³-hybridized carbons (Fsp3) is 0. The summed E-state index contributed by atoms with van der Waals surface area (Å²) >= 11 is 6.90. The van der Waals surface area contributed by atoms with Crippen molar-refractivity contribution >= 4 is 37.5 Å². The molecule has 0 saturated carbocycles. The summed E-state index contributed by atoms with van der Waals surface area (Å²) in [4.78, 5) is 0. The van der Waals surface area contributed by atoms with Crippen LogP contribution in [0, 0.1) is 11.3 Å². The molecule has 92 valence electrons. The van der Waals surface area contributed by atoms with Crippen molar-refractivity contribution in [3.05, 3.63) is 51.0 Å². The summed E-state index contributed by atoms with van der Waals surface area (Å²) in [6, 6.07) is 11.5. The zero-order valence-corrected chi connectivity index (χ0v) is 12.7. The second-order valence-electron chi connectivity index (χ2n) is 3.94. The van der Waals surface area contributed by atoms with Crippen molar-refractivity contribution in [2.24, 2.45) is 0 Å². The van der Waals surface area contributed by atoms with Crippen molar-refractivity contribution in [1.29, 1.82) is 5.26 Å². The van der Waals surface area contributed by atoms with Crippen LogP contribution in [0.1, 0.15) is 5.56 Å². The molecule has 6 heteroatoms. The molecule has 0 fully saturated rings. The first-order valence-electron chi connectivity index (χ1n) is 5.39. The second kappa shape index (κ2) is 4.76. The van der Waals surface area contributed by atoms with E-state index in [1.54, 1.807) is 18.3 Å². The van der Waals surface area contributed by atoms with E-state index in [9.17, 15) is 0 Å². The van der Waals surface area contributed by atoms with Crippen molar-refractivity contribution in [1.82, 2.24) is 14.6 Å². The van der Waals surface area contributed by atoms with E-state index in [0.29, 0.717) is 17.0 Å². The van der Waals surface area contributed by atoms with Crippen LogP contribution in [0.3, 0.4) is 0 Å². The van der Waals surface area contributed by atoms with Gasteiger partial charge in [0.15, 0.2) is 11.5 Å². The molecular weight excluding hydrogens is 372 g/mol. The molecule has 0 aliphatic carbocycles. The van der Waals surface area contributed by atoms with E-state index in [1.165, 1.54) is 0 Å². The van der Waals surface area contributed by atoms with Gasteiger partial charge in [-0.15, -0.1) is 10.2 Å². The van der Waals surface area contributed by atoms with E-state index in [-0.39, 0.29) is 0 Å². The van der Waals surface area contributed by atoms with Crippen LogP contribution in [0.25, 0.3) is 17.0 Å². The van der Waals surface area contributed by atoms with Gasteiger partial charge in [0, 0.05) is 20.7 Å². The van der Waals surface area contributed by atoms with Crippen LogP contribution >= 0.6 is 31.9 Å². The molecule has 0 saturated heterocycles. The number of nitrogens with zero attached hydrogens (tertiary/aromatic N) is 4. The highest BCUT2D eigenvalue weighted by Crippen LogP contribution is 2.27. The van der Waals surface area contributed by atoms with Crippen LogP contribution in [0.4, 0.5) is 0 Å². The first-order valence-corrected chi connectivity index (χ1v) is 6.97. The lowest BCUT2D eigenvalue weighted by Crippen LogP contribution is -1.91. The molecule has 4 nitrogen and oxygen atoms in total. The Balaban J connectivity index is 2.27. The van der Waals surface area contributed by atoms with Crippen molar-refractivity contribution < 1.29 is 0 Å². The van der Waals surface area contributed by atoms with Gasteiger partial charge in [0.2, 0.25) is 0 Å². The summed E-state index contributed by atoms with van der Waals surface area (Å²) in [5, 5.41) is 17.3. The summed E-state index contributed by atoms with van der Waals surface area (Å²) in [6.45, 7) is 0. The molecule has 3 aromatic rings. The third-order valence-electron chi connectivity index (χ3n) is 2.65. The predicted molar refractivity (Wildman–Crippen MR) is 78.5 cm³/mol. The molecule has 0 aliphatic rings. The molecule has 0 aliphatic heterocycles. The lowest BCUT2D eigenvalue weighted by Gasteiger charge is -2.02. The Morgan fingerprint density at radius 1 is 1.05 bits per heavy atom. The Morgan fingerprint density at radius 2 is 1.79 bits per heavy atom. The highest BCUT2D eigenvalue weighted by atomic mass is 79.9. The smallest absolute Gasteiger partial charge is 0.168 e. The van der Waals surface area contributed by atoms with Crippen LogP contribution in [0.5, 0.6) is 0 Å². The molecular formula is C13H6Br2N4. The summed E-state index contributed by atoms with van der Waals surface area (Å²) in [5.74, 6) is 0.703. The fourth-order valence-corrected chi connectivity index (χ4v) is 3.13. The van der Waals surface area contributed by atoms with Gasteiger partial charge in [0.05, 0.1) is 5.56 Å². The van der Waals surface area contributed by atoms with E-state index in [2.05, 4.69) is 48.1 Å². The number of rotatable bonds is 1. The summed E-state index contributed by atoms with van der Waals surface area (Å²) < 4.78 is 3.71. The van der Waals surface area contributed by atoms with Crippen LogP contribution < -0.4 is 0 Å². The van der Waals surface area contributed by atoms with Gasteiger partial charge in [-0.2, -0.15) is 5.26 Å². The third kappa shape index (κ3) is 2.27.